The van der Waals surface area contributed by atoms with Gasteiger partial charge in [0.1, 0.15) is 6.61 Å². The van der Waals surface area contributed by atoms with E-state index in [2.05, 4.69) is 17.1 Å². The van der Waals surface area contributed by atoms with Gasteiger partial charge in [-0.05, 0) is 63.6 Å². The van der Waals surface area contributed by atoms with E-state index < -0.39 is 26.8 Å². The van der Waals surface area contributed by atoms with Crippen molar-refractivity contribution < 1.29 is 27.8 Å². The lowest BCUT2D eigenvalue weighted by molar-refractivity contribution is -0.142. The van der Waals surface area contributed by atoms with E-state index >= 15 is 0 Å². The Morgan fingerprint density at radius 3 is 2.50 bits per heavy atom. The Morgan fingerprint density at radius 2 is 1.91 bits per heavy atom. The fraction of sp³-hybridized carbons (Fsp3) is 0.520. The summed E-state index contributed by atoms with van der Waals surface area (Å²) in [6, 6.07) is 11.8. The molecule has 8 nitrogen and oxygen atoms in total. The van der Waals surface area contributed by atoms with Crippen LogP contribution in [0.3, 0.4) is 0 Å². The molecule has 1 aromatic carbocycles. The first-order chi connectivity index (χ1) is 16.0. The van der Waals surface area contributed by atoms with Crippen LogP contribution in [-0.2, 0) is 19.6 Å². The molecule has 1 aliphatic rings. The van der Waals surface area contributed by atoms with Crippen LogP contribution >= 0.6 is 0 Å². The summed E-state index contributed by atoms with van der Waals surface area (Å²) < 4.78 is 36.0. The molecule has 0 spiro atoms. The molecule has 3 rings (SSSR count). The van der Waals surface area contributed by atoms with Crippen LogP contribution in [0.25, 0.3) is 11.3 Å². The van der Waals surface area contributed by atoms with Gasteiger partial charge in [0.15, 0.2) is 4.75 Å². The Balaban J connectivity index is 1.71. The summed E-state index contributed by atoms with van der Waals surface area (Å²) >= 11 is 0. The molecule has 1 fully saturated rings. The van der Waals surface area contributed by atoms with Crippen molar-refractivity contribution in [2.45, 2.75) is 57.3 Å². The van der Waals surface area contributed by atoms with E-state index in [0.29, 0.717) is 31.8 Å². The number of pyridine rings is 1. The molecular formula is C25H34N2O6S. The Hall–Kier alpha value is -2.49. The number of esters is 1. The van der Waals surface area contributed by atoms with Gasteiger partial charge >= 0.3 is 5.97 Å². The molecule has 186 valence electrons. The highest BCUT2D eigenvalue weighted by atomic mass is 32.2. The quantitative estimate of drug-likeness (QED) is 0.566. The maximum Gasteiger partial charge on any atom is 0.328 e. The summed E-state index contributed by atoms with van der Waals surface area (Å²) in [5.41, 5.74) is 4.01. The summed E-state index contributed by atoms with van der Waals surface area (Å²) in [5.74, 6) is -0.0609. The molecule has 1 unspecified atom stereocenters. The summed E-state index contributed by atoms with van der Waals surface area (Å²) in [4.78, 5) is 16.6. The third-order valence-corrected chi connectivity index (χ3v) is 8.81. The predicted octanol–water partition coefficient (Wildman–Crippen LogP) is 3.28. The Labute approximate surface area is 202 Å². The molecule has 0 radical (unpaired) electrons. The van der Waals surface area contributed by atoms with Crippen molar-refractivity contribution >= 4 is 16.0 Å². The van der Waals surface area contributed by atoms with Gasteiger partial charge in [-0.25, -0.2) is 17.7 Å². The minimum atomic E-state index is -3.82. The Bertz CT molecular complexity index is 1120. The van der Waals surface area contributed by atoms with Gasteiger partial charge in [0, 0.05) is 24.7 Å². The third-order valence-electron chi connectivity index (χ3n) is 6.31. The minimum Gasteiger partial charge on any atom is -0.475 e. The molecule has 2 heterocycles. The summed E-state index contributed by atoms with van der Waals surface area (Å²) in [6.45, 7) is 7.37. The average Bonchev–Trinajstić information content (AvgIpc) is 2.82. The van der Waals surface area contributed by atoms with Crippen molar-refractivity contribution in [1.29, 1.82) is 0 Å². The number of benzene rings is 1. The van der Waals surface area contributed by atoms with E-state index in [1.165, 1.54) is 25.3 Å². The maximum atomic E-state index is 13.0. The van der Waals surface area contributed by atoms with Gasteiger partial charge in [0.05, 0.1) is 18.9 Å². The number of piperidine rings is 1. The second kappa shape index (κ2) is 10.4. The number of sulfonamides is 1. The number of methoxy groups -OCH3 is 1. The molecule has 0 amide bonds. The molecule has 2 aromatic rings. The zero-order valence-electron chi connectivity index (χ0n) is 20.4. The van der Waals surface area contributed by atoms with Crippen LogP contribution in [0.4, 0.5) is 0 Å². The number of ether oxygens (including phenoxy) is 2. The van der Waals surface area contributed by atoms with E-state index in [4.69, 9.17) is 9.47 Å². The topological polar surface area (TPSA) is 106 Å². The maximum absolute atomic E-state index is 13.0. The number of nitrogens with zero attached hydrogens (tertiary/aromatic N) is 2. The van der Waals surface area contributed by atoms with Crippen LogP contribution in [0, 0.1) is 6.92 Å². The molecule has 1 atom stereocenters. The average molecular weight is 491 g/mol. The molecular weight excluding hydrogens is 456 g/mol. The van der Waals surface area contributed by atoms with Crippen LogP contribution in [0.15, 0.2) is 36.4 Å². The van der Waals surface area contributed by atoms with Gasteiger partial charge in [-0.15, -0.1) is 0 Å². The van der Waals surface area contributed by atoms with Gasteiger partial charge in [0.2, 0.25) is 15.9 Å². The van der Waals surface area contributed by atoms with Crippen LogP contribution in [0.2, 0.25) is 0 Å². The number of carbonyl (C=O) groups is 1. The van der Waals surface area contributed by atoms with Crippen molar-refractivity contribution in [2.75, 3.05) is 26.8 Å². The zero-order chi connectivity index (χ0) is 25.1. The number of carbonyl (C=O) groups excluding carboxylic acids is 1. The molecule has 0 aliphatic carbocycles. The molecule has 1 aromatic heterocycles. The fourth-order valence-electron chi connectivity index (χ4n) is 4.18. The number of aromatic nitrogens is 1. The molecule has 0 saturated carbocycles. The molecule has 34 heavy (non-hydrogen) atoms. The van der Waals surface area contributed by atoms with E-state index in [1.807, 2.05) is 25.1 Å². The van der Waals surface area contributed by atoms with Gasteiger partial charge < -0.3 is 14.6 Å². The van der Waals surface area contributed by atoms with Crippen molar-refractivity contribution in [2.24, 2.45) is 0 Å². The number of aryl methyl sites for hydroxylation is 1. The first-order valence-corrected chi connectivity index (χ1v) is 12.9. The van der Waals surface area contributed by atoms with E-state index in [1.54, 1.807) is 13.0 Å². The fourth-order valence-corrected chi connectivity index (χ4v) is 5.81. The van der Waals surface area contributed by atoms with Crippen LogP contribution in [0.5, 0.6) is 5.88 Å². The predicted molar refractivity (Wildman–Crippen MR) is 130 cm³/mol. The third kappa shape index (κ3) is 5.42. The minimum absolute atomic E-state index is 0.180. The van der Waals surface area contributed by atoms with E-state index in [0.717, 1.165) is 22.4 Å². The number of hydrogen-bond donors (Lipinski definition) is 1. The zero-order valence-corrected chi connectivity index (χ0v) is 21.3. The molecule has 1 aliphatic heterocycles. The van der Waals surface area contributed by atoms with Crippen molar-refractivity contribution in [3.05, 3.63) is 47.5 Å². The van der Waals surface area contributed by atoms with Gasteiger partial charge in [-0.1, -0.05) is 24.3 Å². The van der Waals surface area contributed by atoms with Gasteiger partial charge in [-0.3, -0.25) is 4.79 Å². The summed E-state index contributed by atoms with van der Waals surface area (Å²) in [7, 11) is -2.62. The molecule has 0 bridgehead atoms. The van der Waals surface area contributed by atoms with Gasteiger partial charge in [-0.2, -0.15) is 0 Å². The lowest BCUT2D eigenvalue weighted by atomic mass is 9.88. The first kappa shape index (κ1) is 26.1. The smallest absolute Gasteiger partial charge is 0.328 e. The van der Waals surface area contributed by atoms with E-state index in [-0.39, 0.29) is 12.5 Å². The normalized spacial score (nSPS) is 16.8. The highest BCUT2D eigenvalue weighted by Gasteiger charge is 2.47. The van der Waals surface area contributed by atoms with Crippen LogP contribution < -0.4 is 4.74 Å². The molecule has 1 saturated heterocycles. The summed E-state index contributed by atoms with van der Waals surface area (Å²) in [5, 5.41) is 9.43. The number of aliphatic hydroxyl groups is 1. The standard InChI is InChI=1S/C25H34N2O6S/c1-17-15-20(9-10-21(17)22-7-6-8-23(26-22)33-16-18(2)28)19-11-13-27(14-12-19)34(30,31)25(3,4)24(29)32-5/h6-10,15,18-19,28H,11-14,16H2,1-5H3. The van der Waals surface area contributed by atoms with Crippen LogP contribution in [0.1, 0.15) is 50.7 Å². The number of aliphatic hydroxyl groups excluding tert-OH is 1. The highest BCUT2D eigenvalue weighted by molar-refractivity contribution is 7.91. The SMILES string of the molecule is COC(=O)C(C)(C)S(=O)(=O)N1CCC(c2ccc(-c3cccc(OCC(C)O)n3)c(C)c2)CC1. The van der Waals surface area contributed by atoms with E-state index in [9.17, 15) is 18.3 Å². The monoisotopic (exact) mass is 490 g/mol. The first-order valence-electron chi connectivity index (χ1n) is 11.4. The van der Waals surface area contributed by atoms with Crippen molar-refractivity contribution in [1.82, 2.24) is 9.29 Å². The largest absolute Gasteiger partial charge is 0.475 e. The van der Waals surface area contributed by atoms with Crippen molar-refractivity contribution in [3.8, 4) is 17.1 Å². The lowest BCUT2D eigenvalue weighted by Crippen LogP contribution is -2.52. The second-order valence-corrected chi connectivity index (χ2v) is 11.8. The van der Waals surface area contributed by atoms with Crippen molar-refractivity contribution in [3.63, 3.8) is 0 Å². The Morgan fingerprint density at radius 1 is 1.24 bits per heavy atom. The number of hydrogen-bond acceptors (Lipinski definition) is 7. The molecule has 1 N–H and O–H groups in total. The summed E-state index contributed by atoms with van der Waals surface area (Å²) in [6.07, 6.45) is 0.784. The number of rotatable bonds is 8. The van der Waals surface area contributed by atoms with Crippen LogP contribution in [-0.4, -0.2) is 66.4 Å². The van der Waals surface area contributed by atoms with Gasteiger partial charge in [0.25, 0.3) is 0 Å². The molecule has 9 heteroatoms. The highest BCUT2D eigenvalue weighted by Crippen LogP contribution is 2.34. The Kier molecular flexibility index (Phi) is 8.00. The lowest BCUT2D eigenvalue weighted by Gasteiger charge is -2.35. The second-order valence-electron chi connectivity index (χ2n) is 9.28.